The molecular weight excluding hydrogens is 160 g/mol. The molecule has 2 amide bonds. The minimum atomic E-state index is -0.795. The normalized spacial score (nSPS) is 9.75. The first-order valence-electron chi connectivity index (χ1n) is 3.22. The van der Waals surface area contributed by atoms with E-state index in [0.29, 0.717) is 5.76 Å². The third-order valence-corrected chi connectivity index (χ3v) is 1.34. The van der Waals surface area contributed by atoms with E-state index >= 15 is 0 Å². The molecule has 1 aromatic rings. The molecule has 12 heavy (non-hydrogen) atoms. The van der Waals surface area contributed by atoms with Gasteiger partial charge in [0.1, 0.15) is 5.76 Å². The Morgan fingerprint density at radius 3 is 2.25 bits per heavy atom. The molecule has 0 radical (unpaired) electrons. The SMILES string of the molecule is Cc1cc(C(N)=O)c(C(N)=O)o1. The number of hydrogen-bond acceptors (Lipinski definition) is 3. The predicted octanol–water partition coefficient (Wildman–Crippen LogP) is -0.214. The van der Waals surface area contributed by atoms with Gasteiger partial charge in [0, 0.05) is 0 Å². The van der Waals surface area contributed by atoms with Gasteiger partial charge in [-0.05, 0) is 13.0 Å². The topological polar surface area (TPSA) is 99.3 Å². The van der Waals surface area contributed by atoms with Crippen LogP contribution in [0.1, 0.15) is 26.7 Å². The zero-order chi connectivity index (χ0) is 9.30. The highest BCUT2D eigenvalue weighted by molar-refractivity contribution is 6.04. The van der Waals surface area contributed by atoms with Gasteiger partial charge in [-0.25, -0.2) is 0 Å². The Bertz CT molecular complexity index is 309. The molecule has 0 aliphatic heterocycles. The van der Waals surface area contributed by atoms with E-state index in [-0.39, 0.29) is 11.3 Å². The molecule has 0 bridgehead atoms. The minimum absolute atomic E-state index is 0.0278. The summed E-state index contributed by atoms with van der Waals surface area (Å²) in [4.78, 5) is 21.4. The van der Waals surface area contributed by atoms with Crippen LogP contribution < -0.4 is 11.5 Å². The first-order chi connectivity index (χ1) is 5.52. The second-order valence-electron chi connectivity index (χ2n) is 2.33. The van der Waals surface area contributed by atoms with Crippen LogP contribution in [0, 0.1) is 6.92 Å². The van der Waals surface area contributed by atoms with E-state index in [1.807, 2.05) is 0 Å². The molecule has 0 saturated heterocycles. The van der Waals surface area contributed by atoms with E-state index in [1.54, 1.807) is 6.92 Å². The summed E-state index contributed by atoms with van der Waals surface area (Å²) in [5.41, 5.74) is 9.91. The van der Waals surface area contributed by atoms with Crippen molar-refractivity contribution in [1.82, 2.24) is 0 Å². The first-order valence-corrected chi connectivity index (χ1v) is 3.22. The van der Waals surface area contributed by atoms with Crippen molar-refractivity contribution < 1.29 is 14.0 Å². The summed E-state index contributed by atoms with van der Waals surface area (Å²) in [6.07, 6.45) is 0. The Hall–Kier alpha value is -1.78. The zero-order valence-electron chi connectivity index (χ0n) is 6.46. The van der Waals surface area contributed by atoms with Gasteiger partial charge in [-0.3, -0.25) is 9.59 Å². The lowest BCUT2D eigenvalue weighted by Crippen LogP contribution is -2.18. The third-order valence-electron chi connectivity index (χ3n) is 1.34. The van der Waals surface area contributed by atoms with E-state index in [2.05, 4.69) is 0 Å². The summed E-state index contributed by atoms with van der Waals surface area (Å²) in [6, 6.07) is 1.38. The Balaban J connectivity index is 3.26. The van der Waals surface area contributed by atoms with Gasteiger partial charge in [0.2, 0.25) is 5.76 Å². The number of rotatable bonds is 2. The number of aryl methyl sites for hydroxylation is 1. The van der Waals surface area contributed by atoms with Crippen LogP contribution in [0.25, 0.3) is 0 Å². The number of furan rings is 1. The quantitative estimate of drug-likeness (QED) is 0.638. The lowest BCUT2D eigenvalue weighted by Gasteiger charge is -1.90. The van der Waals surface area contributed by atoms with Crippen molar-refractivity contribution in [1.29, 1.82) is 0 Å². The number of amides is 2. The molecule has 0 unspecified atom stereocenters. The summed E-state index contributed by atoms with van der Waals surface area (Å²) in [5.74, 6) is -1.27. The minimum Gasteiger partial charge on any atom is -0.455 e. The monoisotopic (exact) mass is 168 g/mol. The summed E-state index contributed by atoms with van der Waals surface area (Å²) in [5, 5.41) is 0. The number of hydrogen-bond donors (Lipinski definition) is 2. The van der Waals surface area contributed by atoms with E-state index in [4.69, 9.17) is 15.9 Å². The van der Waals surface area contributed by atoms with Crippen molar-refractivity contribution in [2.45, 2.75) is 6.92 Å². The molecule has 0 spiro atoms. The molecule has 1 aromatic heterocycles. The highest BCUT2D eigenvalue weighted by atomic mass is 16.3. The molecule has 5 nitrogen and oxygen atoms in total. The van der Waals surface area contributed by atoms with Crippen molar-refractivity contribution in [3.05, 3.63) is 23.2 Å². The first kappa shape index (κ1) is 8.32. The van der Waals surface area contributed by atoms with Crippen LogP contribution >= 0.6 is 0 Å². The molecule has 0 aliphatic carbocycles. The van der Waals surface area contributed by atoms with Gasteiger partial charge in [-0.2, -0.15) is 0 Å². The molecule has 0 aromatic carbocycles. The molecule has 0 aliphatic rings. The molecule has 0 saturated carbocycles. The van der Waals surface area contributed by atoms with Crippen molar-refractivity contribution in [3.63, 3.8) is 0 Å². The number of carbonyl (C=O) groups excluding carboxylic acids is 2. The zero-order valence-corrected chi connectivity index (χ0v) is 6.46. The van der Waals surface area contributed by atoms with Crippen molar-refractivity contribution in [2.75, 3.05) is 0 Å². The second-order valence-corrected chi connectivity index (χ2v) is 2.33. The molecule has 1 heterocycles. The van der Waals surface area contributed by atoms with E-state index in [9.17, 15) is 9.59 Å². The van der Waals surface area contributed by atoms with Crippen LogP contribution in [0.4, 0.5) is 0 Å². The van der Waals surface area contributed by atoms with Crippen molar-refractivity contribution in [2.24, 2.45) is 11.5 Å². The van der Waals surface area contributed by atoms with Gasteiger partial charge >= 0.3 is 0 Å². The smallest absolute Gasteiger partial charge is 0.285 e. The second kappa shape index (κ2) is 2.69. The average molecular weight is 168 g/mol. The van der Waals surface area contributed by atoms with Gasteiger partial charge < -0.3 is 15.9 Å². The van der Waals surface area contributed by atoms with Crippen molar-refractivity contribution in [3.8, 4) is 0 Å². The van der Waals surface area contributed by atoms with Gasteiger partial charge in [-0.15, -0.1) is 0 Å². The fourth-order valence-electron chi connectivity index (χ4n) is 0.880. The molecule has 0 atom stereocenters. The fraction of sp³-hybridized carbons (Fsp3) is 0.143. The Morgan fingerprint density at radius 2 is 1.92 bits per heavy atom. The largest absolute Gasteiger partial charge is 0.455 e. The van der Waals surface area contributed by atoms with Crippen LogP contribution in [-0.2, 0) is 0 Å². The standard InChI is InChI=1S/C7H8N2O3/c1-3-2-4(6(8)10)5(12-3)7(9)11/h2H,1H3,(H2,8,10)(H2,9,11). The predicted molar refractivity (Wildman–Crippen MR) is 40.5 cm³/mol. The van der Waals surface area contributed by atoms with Crippen LogP contribution in [-0.4, -0.2) is 11.8 Å². The molecular formula is C7H8N2O3. The van der Waals surface area contributed by atoms with E-state index in [0.717, 1.165) is 0 Å². The highest BCUT2D eigenvalue weighted by Crippen LogP contribution is 2.13. The summed E-state index contributed by atoms with van der Waals surface area (Å²) in [7, 11) is 0. The van der Waals surface area contributed by atoms with E-state index < -0.39 is 11.8 Å². The molecule has 1 rings (SSSR count). The Kier molecular flexibility index (Phi) is 1.86. The van der Waals surface area contributed by atoms with Gasteiger partial charge in [-0.1, -0.05) is 0 Å². The van der Waals surface area contributed by atoms with Gasteiger partial charge in [0.25, 0.3) is 11.8 Å². The molecule has 5 heteroatoms. The van der Waals surface area contributed by atoms with Crippen LogP contribution in [0.3, 0.4) is 0 Å². The Morgan fingerprint density at radius 1 is 1.33 bits per heavy atom. The van der Waals surface area contributed by atoms with Crippen LogP contribution in [0.2, 0.25) is 0 Å². The fourth-order valence-corrected chi connectivity index (χ4v) is 0.880. The average Bonchev–Trinajstić information content (AvgIpc) is 2.31. The lowest BCUT2D eigenvalue weighted by atomic mass is 10.2. The molecule has 64 valence electrons. The van der Waals surface area contributed by atoms with Crippen molar-refractivity contribution >= 4 is 11.8 Å². The number of nitrogens with two attached hydrogens (primary N) is 2. The summed E-state index contributed by atoms with van der Waals surface area (Å²) in [6.45, 7) is 1.60. The summed E-state index contributed by atoms with van der Waals surface area (Å²) < 4.78 is 4.86. The maximum Gasteiger partial charge on any atom is 0.285 e. The van der Waals surface area contributed by atoms with Crippen LogP contribution in [0.5, 0.6) is 0 Å². The number of primary amides is 2. The third kappa shape index (κ3) is 1.29. The molecule has 0 fully saturated rings. The Labute approximate surface area is 68.3 Å². The van der Waals surface area contributed by atoms with Gasteiger partial charge in [0.15, 0.2) is 0 Å². The maximum atomic E-state index is 10.7. The van der Waals surface area contributed by atoms with Gasteiger partial charge in [0.05, 0.1) is 5.56 Å². The van der Waals surface area contributed by atoms with E-state index in [1.165, 1.54) is 6.07 Å². The maximum absolute atomic E-state index is 10.7. The lowest BCUT2D eigenvalue weighted by molar-refractivity contribution is 0.0946. The summed E-state index contributed by atoms with van der Waals surface area (Å²) >= 11 is 0. The highest BCUT2D eigenvalue weighted by Gasteiger charge is 2.17. The number of carbonyl (C=O) groups is 2. The molecule has 4 N–H and O–H groups in total. The van der Waals surface area contributed by atoms with Crippen LogP contribution in [0.15, 0.2) is 10.5 Å².